The van der Waals surface area contributed by atoms with Crippen molar-refractivity contribution in [3.8, 4) is 5.75 Å². The molecule has 1 aliphatic heterocycles. The molecular weight excluding hydrogens is 318 g/mol. The number of benzene rings is 2. The van der Waals surface area contributed by atoms with E-state index in [4.69, 9.17) is 16.3 Å². The third kappa shape index (κ3) is 3.15. The summed E-state index contributed by atoms with van der Waals surface area (Å²) in [6.07, 6.45) is 3.97. The molecule has 0 radical (unpaired) electrons. The number of nitrogen functional groups attached to an aromatic ring is 2. The van der Waals surface area contributed by atoms with Crippen LogP contribution in [0.25, 0.3) is 0 Å². The maximum Gasteiger partial charge on any atom is 0.297 e. The Hall–Kier alpha value is -3.02. The van der Waals surface area contributed by atoms with Gasteiger partial charge in [0.1, 0.15) is 0 Å². The minimum atomic E-state index is -0.535. The zero-order valence-electron chi connectivity index (χ0n) is 14.1. The second kappa shape index (κ2) is 6.84. The molecule has 0 saturated carbocycles. The summed E-state index contributed by atoms with van der Waals surface area (Å²) < 4.78 is 0. The highest BCUT2D eigenvalue weighted by atomic mass is 16.7. The summed E-state index contributed by atoms with van der Waals surface area (Å²) in [4.78, 5) is 30.6. The molecule has 1 heterocycles. The van der Waals surface area contributed by atoms with Crippen molar-refractivity contribution in [2.24, 2.45) is 0 Å². The van der Waals surface area contributed by atoms with Crippen molar-refractivity contribution in [1.29, 1.82) is 0 Å². The van der Waals surface area contributed by atoms with E-state index in [1.54, 1.807) is 30.3 Å². The molecule has 2 aromatic carbocycles. The molecule has 130 valence electrons. The van der Waals surface area contributed by atoms with Crippen molar-refractivity contribution < 1.29 is 14.4 Å². The topological polar surface area (TPSA) is 98.7 Å². The third-order valence-electron chi connectivity index (χ3n) is 4.28. The first kappa shape index (κ1) is 16.8. The third-order valence-corrected chi connectivity index (χ3v) is 4.28. The van der Waals surface area contributed by atoms with E-state index in [0.29, 0.717) is 17.1 Å². The van der Waals surface area contributed by atoms with E-state index in [0.717, 1.165) is 36.3 Å². The fraction of sp³-hybridized carbons (Fsp3) is 0.263. The zero-order valence-corrected chi connectivity index (χ0v) is 14.1. The summed E-state index contributed by atoms with van der Waals surface area (Å²) in [6, 6.07) is 9.93. The van der Waals surface area contributed by atoms with Crippen LogP contribution in [0.1, 0.15) is 52.5 Å². The number of nitrogens with zero attached hydrogens (tertiary/aromatic N) is 1. The summed E-state index contributed by atoms with van der Waals surface area (Å²) in [5, 5.41) is 0.752. The highest BCUT2D eigenvalue weighted by molar-refractivity contribution is 6.23. The number of carbonyl (C=O) groups is 2. The van der Waals surface area contributed by atoms with Gasteiger partial charge in [-0.2, -0.15) is 0 Å². The molecule has 0 aromatic heterocycles. The Labute approximate surface area is 146 Å². The Morgan fingerprint density at radius 1 is 0.960 bits per heavy atom. The molecular formula is C19H21N3O3. The second-order valence-corrected chi connectivity index (χ2v) is 6.08. The quantitative estimate of drug-likeness (QED) is 0.478. The molecule has 0 atom stereocenters. The summed E-state index contributed by atoms with van der Waals surface area (Å²) in [6.45, 7) is 2.13. The number of unbranched alkanes of at least 4 members (excludes halogenated alkanes) is 2. The normalized spacial score (nSPS) is 13.2. The maximum absolute atomic E-state index is 12.7. The lowest BCUT2D eigenvalue weighted by molar-refractivity contribution is -0.0140. The number of aryl methyl sites for hydroxylation is 1. The Morgan fingerprint density at radius 2 is 1.68 bits per heavy atom. The smallest absolute Gasteiger partial charge is 0.297 e. The molecule has 0 aliphatic carbocycles. The van der Waals surface area contributed by atoms with Gasteiger partial charge in [0.2, 0.25) is 0 Å². The highest BCUT2D eigenvalue weighted by Crippen LogP contribution is 2.32. The Morgan fingerprint density at radius 3 is 2.36 bits per heavy atom. The minimum absolute atomic E-state index is 0.231. The lowest BCUT2D eigenvalue weighted by atomic mass is 9.98. The number of rotatable bonds is 6. The van der Waals surface area contributed by atoms with Gasteiger partial charge < -0.3 is 16.3 Å². The van der Waals surface area contributed by atoms with Gasteiger partial charge in [0, 0.05) is 11.4 Å². The van der Waals surface area contributed by atoms with E-state index in [1.165, 1.54) is 0 Å². The second-order valence-electron chi connectivity index (χ2n) is 6.08. The van der Waals surface area contributed by atoms with Gasteiger partial charge in [-0.15, -0.1) is 0 Å². The first-order valence-corrected chi connectivity index (χ1v) is 8.36. The number of hydrogen-bond acceptors (Lipinski definition) is 5. The van der Waals surface area contributed by atoms with Gasteiger partial charge in [-0.1, -0.05) is 30.9 Å². The van der Waals surface area contributed by atoms with Gasteiger partial charge in [0.05, 0.1) is 11.1 Å². The lowest BCUT2D eigenvalue weighted by Gasteiger charge is -2.14. The summed E-state index contributed by atoms with van der Waals surface area (Å²) in [7, 11) is 0. The maximum atomic E-state index is 12.7. The number of nitrogens with two attached hydrogens (primary N) is 2. The molecule has 1 aliphatic rings. The molecule has 0 unspecified atom stereocenters. The largest absolute Gasteiger partial charge is 0.399 e. The molecule has 3 rings (SSSR count). The van der Waals surface area contributed by atoms with Crippen molar-refractivity contribution in [2.75, 3.05) is 11.5 Å². The first-order valence-electron chi connectivity index (χ1n) is 8.36. The summed E-state index contributed by atoms with van der Waals surface area (Å²) >= 11 is 0. The molecule has 2 amide bonds. The first-order chi connectivity index (χ1) is 12.0. The van der Waals surface area contributed by atoms with Crippen molar-refractivity contribution in [2.45, 2.75) is 32.6 Å². The molecule has 2 aromatic rings. The van der Waals surface area contributed by atoms with Crippen LogP contribution in [0.5, 0.6) is 5.75 Å². The van der Waals surface area contributed by atoms with Gasteiger partial charge in [0.15, 0.2) is 5.75 Å². The van der Waals surface area contributed by atoms with E-state index in [-0.39, 0.29) is 11.1 Å². The number of carbonyl (C=O) groups excluding carboxylic acids is 2. The van der Waals surface area contributed by atoms with E-state index in [1.807, 2.05) is 6.07 Å². The monoisotopic (exact) mass is 339 g/mol. The van der Waals surface area contributed by atoms with E-state index >= 15 is 0 Å². The average molecular weight is 339 g/mol. The molecule has 0 spiro atoms. The van der Waals surface area contributed by atoms with Crippen molar-refractivity contribution in [3.05, 3.63) is 53.1 Å². The van der Waals surface area contributed by atoms with Gasteiger partial charge >= 0.3 is 0 Å². The number of amides is 2. The lowest BCUT2D eigenvalue weighted by Crippen LogP contribution is -2.33. The average Bonchev–Trinajstić information content (AvgIpc) is 2.84. The van der Waals surface area contributed by atoms with Crippen molar-refractivity contribution in [1.82, 2.24) is 5.06 Å². The Kier molecular flexibility index (Phi) is 4.61. The predicted octanol–water partition coefficient (Wildman–Crippen LogP) is 3.17. The van der Waals surface area contributed by atoms with Gasteiger partial charge in [0.25, 0.3) is 11.8 Å². The number of hydroxylamine groups is 2. The number of anilines is 2. The van der Waals surface area contributed by atoms with Gasteiger partial charge in [-0.25, -0.2) is 0 Å². The predicted molar refractivity (Wildman–Crippen MR) is 96.1 cm³/mol. The van der Waals surface area contributed by atoms with Crippen LogP contribution in [0.2, 0.25) is 0 Å². The van der Waals surface area contributed by atoms with E-state index in [9.17, 15) is 9.59 Å². The number of imide groups is 1. The molecule has 6 heteroatoms. The highest BCUT2D eigenvalue weighted by Gasteiger charge is 2.40. The van der Waals surface area contributed by atoms with Crippen LogP contribution in [-0.4, -0.2) is 16.9 Å². The van der Waals surface area contributed by atoms with E-state index in [2.05, 4.69) is 6.92 Å². The molecule has 25 heavy (non-hydrogen) atoms. The number of fused-ring (bicyclic) bond motifs is 1. The SMILES string of the molecule is CCCCCc1ccc2c(c1N)C(=O)N(Oc1ccc(N)cc1)C2=O. The van der Waals surface area contributed by atoms with Crippen molar-refractivity contribution >= 4 is 23.2 Å². The van der Waals surface area contributed by atoms with E-state index < -0.39 is 11.8 Å². The molecule has 4 N–H and O–H groups in total. The molecule has 6 nitrogen and oxygen atoms in total. The van der Waals surface area contributed by atoms with Crippen LogP contribution in [0.15, 0.2) is 36.4 Å². The minimum Gasteiger partial charge on any atom is -0.399 e. The number of hydrogen-bond donors (Lipinski definition) is 2. The van der Waals surface area contributed by atoms with Crippen LogP contribution >= 0.6 is 0 Å². The van der Waals surface area contributed by atoms with Crippen LogP contribution in [0, 0.1) is 0 Å². The Balaban J connectivity index is 1.85. The van der Waals surface area contributed by atoms with Crippen LogP contribution < -0.4 is 16.3 Å². The molecule has 0 saturated heterocycles. The summed E-state index contributed by atoms with van der Waals surface area (Å²) in [5.74, 6) is -0.694. The van der Waals surface area contributed by atoms with Gasteiger partial charge in [-0.05, 0) is 48.7 Å². The van der Waals surface area contributed by atoms with Crippen LogP contribution in [0.4, 0.5) is 11.4 Å². The molecule has 0 fully saturated rings. The fourth-order valence-electron chi connectivity index (χ4n) is 2.87. The van der Waals surface area contributed by atoms with Crippen LogP contribution in [0.3, 0.4) is 0 Å². The van der Waals surface area contributed by atoms with Crippen molar-refractivity contribution in [3.63, 3.8) is 0 Å². The summed E-state index contributed by atoms with van der Waals surface area (Å²) in [5.41, 5.74) is 14.1. The Bertz CT molecular complexity index is 815. The standard InChI is InChI=1S/C19H21N3O3/c1-2-3-4-5-12-6-11-15-16(17(12)21)19(24)22(18(15)23)25-14-9-7-13(20)8-10-14/h6-11H,2-5,20-21H2,1H3. The van der Waals surface area contributed by atoms with Crippen LogP contribution in [-0.2, 0) is 6.42 Å². The van der Waals surface area contributed by atoms with Gasteiger partial charge in [-0.3, -0.25) is 9.59 Å². The molecule has 0 bridgehead atoms. The zero-order chi connectivity index (χ0) is 18.0. The fourth-order valence-corrected chi connectivity index (χ4v) is 2.87.